The summed E-state index contributed by atoms with van der Waals surface area (Å²) in [5, 5.41) is 13.3. The first-order valence-corrected chi connectivity index (χ1v) is 6.51. The van der Waals surface area contributed by atoms with E-state index in [1.807, 2.05) is 31.2 Å². The number of unbranched alkanes of at least 4 members (excludes halogenated alkanes) is 1. The Balaban J connectivity index is 2.44. The van der Waals surface area contributed by atoms with Crippen molar-refractivity contribution in [3.8, 4) is 5.69 Å². The zero-order chi connectivity index (χ0) is 13.8. The summed E-state index contributed by atoms with van der Waals surface area (Å²) < 4.78 is 1.74. The highest BCUT2D eigenvalue weighted by molar-refractivity contribution is 5.85. The van der Waals surface area contributed by atoms with Gasteiger partial charge < -0.3 is 5.11 Å². The minimum atomic E-state index is -0.982. The number of nitrogens with zero attached hydrogens (tertiary/aromatic N) is 2. The van der Waals surface area contributed by atoms with Crippen molar-refractivity contribution in [1.82, 2.24) is 9.78 Å². The molecule has 0 unspecified atom stereocenters. The number of carboxylic acids is 1. The van der Waals surface area contributed by atoms with Crippen LogP contribution in [-0.4, -0.2) is 20.9 Å². The van der Waals surface area contributed by atoms with Crippen molar-refractivity contribution in [3.63, 3.8) is 0 Å². The molecular formula is C15H18N2O2. The Morgan fingerprint density at radius 3 is 2.79 bits per heavy atom. The van der Waals surface area contributed by atoms with Gasteiger partial charge in [-0.15, -0.1) is 0 Å². The maximum atomic E-state index is 11.1. The quantitative estimate of drug-likeness (QED) is 0.895. The lowest BCUT2D eigenvalue weighted by atomic mass is 10.2. The van der Waals surface area contributed by atoms with Gasteiger partial charge in [0.2, 0.25) is 0 Å². The van der Waals surface area contributed by atoms with Crippen LogP contribution in [0.2, 0.25) is 0 Å². The van der Waals surface area contributed by atoms with Gasteiger partial charge in [0, 0.05) is 5.69 Å². The van der Waals surface area contributed by atoms with E-state index in [0.717, 1.165) is 36.2 Å². The first kappa shape index (κ1) is 13.3. The van der Waals surface area contributed by atoms with Crippen LogP contribution in [0.25, 0.3) is 5.69 Å². The van der Waals surface area contributed by atoms with Crippen LogP contribution < -0.4 is 0 Å². The molecule has 2 aromatic rings. The molecule has 0 saturated heterocycles. The fourth-order valence-electron chi connectivity index (χ4n) is 2.04. The summed E-state index contributed by atoms with van der Waals surface area (Å²) in [7, 11) is 0. The summed E-state index contributed by atoms with van der Waals surface area (Å²) in [4.78, 5) is 11.1. The van der Waals surface area contributed by atoms with Crippen molar-refractivity contribution in [2.75, 3.05) is 0 Å². The monoisotopic (exact) mass is 258 g/mol. The summed E-state index contributed by atoms with van der Waals surface area (Å²) in [5.41, 5.74) is 3.10. The van der Waals surface area contributed by atoms with Gasteiger partial charge in [0.1, 0.15) is 0 Å². The molecule has 0 bridgehead atoms. The highest BCUT2D eigenvalue weighted by Crippen LogP contribution is 2.16. The standard InChI is InChI=1S/C15H18N2O2/c1-3-4-7-13-10-14(15(18)19)16-17(13)12-8-5-6-11(2)9-12/h5-6,8-10H,3-4,7H2,1-2H3,(H,18,19). The molecule has 19 heavy (non-hydrogen) atoms. The molecule has 0 aliphatic carbocycles. The number of rotatable bonds is 5. The predicted octanol–water partition coefficient (Wildman–Crippen LogP) is 3.22. The average Bonchev–Trinajstić information content (AvgIpc) is 2.80. The first-order valence-electron chi connectivity index (χ1n) is 6.51. The lowest BCUT2D eigenvalue weighted by molar-refractivity contribution is 0.0690. The SMILES string of the molecule is CCCCc1cc(C(=O)O)nn1-c1cccc(C)c1. The molecule has 100 valence electrons. The molecule has 1 aromatic heterocycles. The van der Waals surface area contributed by atoms with E-state index in [1.165, 1.54) is 0 Å². The van der Waals surface area contributed by atoms with Crippen LogP contribution in [0.3, 0.4) is 0 Å². The number of aryl methyl sites for hydroxylation is 2. The van der Waals surface area contributed by atoms with Crippen molar-refractivity contribution in [2.24, 2.45) is 0 Å². The summed E-state index contributed by atoms with van der Waals surface area (Å²) in [6.45, 7) is 4.13. The van der Waals surface area contributed by atoms with E-state index in [2.05, 4.69) is 12.0 Å². The number of hydrogen-bond donors (Lipinski definition) is 1. The van der Waals surface area contributed by atoms with Gasteiger partial charge in [-0.25, -0.2) is 9.48 Å². The highest BCUT2D eigenvalue weighted by atomic mass is 16.4. The number of hydrogen-bond acceptors (Lipinski definition) is 2. The second-order valence-electron chi connectivity index (χ2n) is 4.68. The molecule has 2 rings (SSSR count). The fraction of sp³-hybridized carbons (Fsp3) is 0.333. The van der Waals surface area contributed by atoms with Crippen molar-refractivity contribution in [1.29, 1.82) is 0 Å². The van der Waals surface area contributed by atoms with Crippen LogP contribution in [0.4, 0.5) is 0 Å². The Hall–Kier alpha value is -2.10. The second kappa shape index (κ2) is 5.69. The topological polar surface area (TPSA) is 55.1 Å². The zero-order valence-electron chi connectivity index (χ0n) is 11.3. The third kappa shape index (κ3) is 3.02. The van der Waals surface area contributed by atoms with Crippen molar-refractivity contribution < 1.29 is 9.90 Å². The maximum absolute atomic E-state index is 11.1. The third-order valence-electron chi connectivity index (χ3n) is 3.03. The largest absolute Gasteiger partial charge is 0.476 e. The number of aromatic carboxylic acids is 1. The molecule has 0 aliphatic heterocycles. The lowest BCUT2D eigenvalue weighted by Gasteiger charge is -2.07. The van der Waals surface area contributed by atoms with E-state index in [0.29, 0.717) is 0 Å². The minimum absolute atomic E-state index is 0.104. The predicted molar refractivity (Wildman–Crippen MR) is 73.9 cm³/mol. The minimum Gasteiger partial charge on any atom is -0.476 e. The Kier molecular flexibility index (Phi) is 4.00. The van der Waals surface area contributed by atoms with Gasteiger partial charge in [-0.1, -0.05) is 25.5 Å². The molecule has 0 fully saturated rings. The van der Waals surface area contributed by atoms with Crippen LogP contribution in [0.1, 0.15) is 41.5 Å². The van der Waals surface area contributed by atoms with E-state index in [4.69, 9.17) is 5.11 Å². The third-order valence-corrected chi connectivity index (χ3v) is 3.03. The molecule has 0 atom stereocenters. The number of benzene rings is 1. The molecular weight excluding hydrogens is 240 g/mol. The molecule has 1 aromatic carbocycles. The zero-order valence-corrected chi connectivity index (χ0v) is 11.3. The lowest BCUT2D eigenvalue weighted by Crippen LogP contribution is -2.04. The van der Waals surface area contributed by atoms with Gasteiger partial charge in [0.15, 0.2) is 5.69 Å². The summed E-state index contributed by atoms with van der Waals surface area (Å²) in [6.07, 6.45) is 2.93. The van der Waals surface area contributed by atoms with E-state index in [9.17, 15) is 4.79 Å². The van der Waals surface area contributed by atoms with Crippen molar-refractivity contribution in [3.05, 3.63) is 47.3 Å². The van der Waals surface area contributed by atoms with Gasteiger partial charge in [0.25, 0.3) is 0 Å². The molecule has 4 nitrogen and oxygen atoms in total. The van der Waals surface area contributed by atoms with E-state index in [-0.39, 0.29) is 5.69 Å². The van der Waals surface area contributed by atoms with Crippen LogP contribution in [0.15, 0.2) is 30.3 Å². The molecule has 0 spiro atoms. The molecule has 4 heteroatoms. The molecule has 0 aliphatic rings. The molecule has 0 radical (unpaired) electrons. The Bertz CT molecular complexity index is 588. The Morgan fingerprint density at radius 2 is 2.16 bits per heavy atom. The maximum Gasteiger partial charge on any atom is 0.356 e. The van der Waals surface area contributed by atoms with Crippen LogP contribution in [0.5, 0.6) is 0 Å². The molecule has 1 N–H and O–H groups in total. The van der Waals surface area contributed by atoms with Crippen LogP contribution in [-0.2, 0) is 6.42 Å². The Morgan fingerprint density at radius 1 is 1.37 bits per heavy atom. The van der Waals surface area contributed by atoms with E-state index in [1.54, 1.807) is 10.7 Å². The summed E-state index contributed by atoms with van der Waals surface area (Å²) in [5.74, 6) is -0.982. The highest BCUT2D eigenvalue weighted by Gasteiger charge is 2.14. The number of carboxylic acid groups (broad SMARTS) is 1. The summed E-state index contributed by atoms with van der Waals surface area (Å²) >= 11 is 0. The smallest absolute Gasteiger partial charge is 0.356 e. The summed E-state index contributed by atoms with van der Waals surface area (Å²) in [6, 6.07) is 9.59. The van der Waals surface area contributed by atoms with Gasteiger partial charge >= 0.3 is 5.97 Å². The molecule has 0 saturated carbocycles. The number of carbonyl (C=O) groups is 1. The average molecular weight is 258 g/mol. The van der Waals surface area contributed by atoms with Gasteiger partial charge in [-0.2, -0.15) is 5.10 Å². The fourth-order valence-corrected chi connectivity index (χ4v) is 2.04. The van der Waals surface area contributed by atoms with Gasteiger partial charge in [0.05, 0.1) is 5.69 Å². The first-order chi connectivity index (χ1) is 9.11. The van der Waals surface area contributed by atoms with Gasteiger partial charge in [-0.3, -0.25) is 0 Å². The van der Waals surface area contributed by atoms with E-state index < -0.39 is 5.97 Å². The Labute approximate surface area is 112 Å². The normalized spacial score (nSPS) is 10.6. The molecule has 0 amide bonds. The van der Waals surface area contributed by atoms with E-state index >= 15 is 0 Å². The van der Waals surface area contributed by atoms with Crippen molar-refractivity contribution in [2.45, 2.75) is 33.1 Å². The second-order valence-corrected chi connectivity index (χ2v) is 4.68. The van der Waals surface area contributed by atoms with Crippen LogP contribution >= 0.6 is 0 Å². The molecule has 1 heterocycles. The van der Waals surface area contributed by atoms with Crippen LogP contribution in [0, 0.1) is 6.92 Å². The van der Waals surface area contributed by atoms with Gasteiger partial charge in [-0.05, 0) is 43.5 Å². The number of aromatic nitrogens is 2. The van der Waals surface area contributed by atoms with Crippen molar-refractivity contribution >= 4 is 5.97 Å².